The van der Waals surface area contributed by atoms with Gasteiger partial charge in [-0.15, -0.1) is 5.53 Å². The molecule has 34 heavy (non-hydrogen) atoms. The fraction of sp³-hybridized carbons (Fsp3) is 0.542. The van der Waals surface area contributed by atoms with Gasteiger partial charge in [-0.2, -0.15) is 9.97 Å². The van der Waals surface area contributed by atoms with Crippen LogP contribution >= 0.6 is 0 Å². The minimum atomic E-state index is -0.347. The smallest absolute Gasteiger partial charge is 0.308 e. The topological polar surface area (TPSA) is 106 Å². The molecule has 0 amide bonds. The minimum Gasteiger partial charge on any atom is -0.427 e. The van der Waals surface area contributed by atoms with E-state index in [-0.39, 0.29) is 30.7 Å². The van der Waals surface area contributed by atoms with Crippen molar-refractivity contribution < 1.29 is 14.6 Å². The summed E-state index contributed by atoms with van der Waals surface area (Å²) in [5.74, 6) is 2.31. The van der Waals surface area contributed by atoms with Gasteiger partial charge in [-0.05, 0) is 58.2 Å². The van der Waals surface area contributed by atoms with Gasteiger partial charge in [-0.25, -0.2) is 0 Å². The fourth-order valence-corrected chi connectivity index (χ4v) is 4.38. The van der Waals surface area contributed by atoms with Crippen molar-refractivity contribution in [2.45, 2.75) is 72.1 Å². The highest BCUT2D eigenvalue weighted by atomic mass is 16.5. The van der Waals surface area contributed by atoms with E-state index < -0.39 is 0 Å². The molecule has 0 bridgehead atoms. The van der Waals surface area contributed by atoms with Gasteiger partial charge in [0.15, 0.2) is 11.6 Å². The van der Waals surface area contributed by atoms with E-state index in [9.17, 15) is 9.90 Å². The molecule has 2 aliphatic heterocycles. The number of benzene rings is 1. The number of aliphatic hydroxyl groups excluding tert-OH is 1. The number of esters is 1. The lowest BCUT2D eigenvalue weighted by Gasteiger charge is -2.27. The predicted octanol–water partition coefficient (Wildman–Crippen LogP) is 2.84. The molecule has 1 fully saturated rings. The zero-order valence-corrected chi connectivity index (χ0v) is 20.6. The van der Waals surface area contributed by atoms with Crippen molar-refractivity contribution in [3.05, 3.63) is 29.8 Å². The molecule has 184 valence electrons. The van der Waals surface area contributed by atoms with Crippen LogP contribution in [-0.4, -0.2) is 52.3 Å². The van der Waals surface area contributed by atoms with E-state index in [1.54, 1.807) is 6.07 Å². The fourth-order valence-electron chi connectivity index (χ4n) is 4.38. The first-order valence-electron chi connectivity index (χ1n) is 11.9. The average Bonchev–Trinajstić information content (AvgIpc) is 3.42. The summed E-state index contributed by atoms with van der Waals surface area (Å²) in [7, 11) is 0. The second-order valence-electron chi connectivity index (χ2n) is 9.34. The van der Waals surface area contributed by atoms with E-state index in [1.807, 2.05) is 18.2 Å². The Kier molecular flexibility index (Phi) is 7.08. The largest absolute Gasteiger partial charge is 0.427 e. The Bertz CT molecular complexity index is 1030. The quantitative estimate of drug-likeness (QED) is 0.395. The molecule has 10 nitrogen and oxygen atoms in total. The molecule has 0 saturated carbocycles. The number of nitrogens with one attached hydrogen (secondary N) is 2. The summed E-state index contributed by atoms with van der Waals surface area (Å²) in [5, 5.41) is 17.5. The molecule has 1 aromatic carbocycles. The highest BCUT2D eigenvalue weighted by molar-refractivity contribution is 5.83. The van der Waals surface area contributed by atoms with Crippen LogP contribution in [0.1, 0.15) is 53.0 Å². The normalized spacial score (nSPS) is 17.6. The summed E-state index contributed by atoms with van der Waals surface area (Å²) in [6.07, 6.45) is 1.93. The van der Waals surface area contributed by atoms with Crippen molar-refractivity contribution in [3.8, 4) is 5.75 Å². The van der Waals surface area contributed by atoms with Gasteiger partial charge in [0, 0.05) is 32.1 Å². The van der Waals surface area contributed by atoms with Gasteiger partial charge >= 0.3 is 5.97 Å². The zero-order valence-electron chi connectivity index (χ0n) is 20.6. The summed E-state index contributed by atoms with van der Waals surface area (Å²) in [6, 6.07) is 7.81. The van der Waals surface area contributed by atoms with E-state index in [2.05, 4.69) is 53.5 Å². The number of hydrogen-bond acceptors (Lipinski definition) is 10. The molecule has 4 rings (SSSR count). The first-order chi connectivity index (χ1) is 16.3. The third-order valence-corrected chi connectivity index (χ3v) is 6.04. The molecule has 3 heterocycles. The second kappa shape index (κ2) is 10.0. The number of nitrogens with zero attached hydrogens (tertiary/aromatic N) is 5. The number of rotatable bonds is 8. The molecule has 10 heteroatoms. The molecule has 2 aliphatic rings. The lowest BCUT2D eigenvalue weighted by Crippen LogP contribution is -2.50. The summed E-state index contributed by atoms with van der Waals surface area (Å²) >= 11 is 0. The van der Waals surface area contributed by atoms with Crippen LogP contribution in [0.15, 0.2) is 24.3 Å². The molecule has 2 aromatic rings. The van der Waals surface area contributed by atoms with E-state index in [1.165, 1.54) is 6.92 Å². The minimum absolute atomic E-state index is 0.0226. The molecule has 0 aliphatic carbocycles. The molecule has 1 atom stereocenters. The number of aromatic nitrogens is 2. The maximum atomic E-state index is 11.3. The SMILES string of the molecule is CC(=O)Oc1cccc(CNc2nc(N3CCC[C@@H]3CO)nc3c2N(C(C)C)NN3C(C)C)c1. The Morgan fingerprint density at radius 2 is 2.00 bits per heavy atom. The third-order valence-electron chi connectivity index (χ3n) is 6.04. The highest BCUT2D eigenvalue weighted by Gasteiger charge is 2.36. The van der Waals surface area contributed by atoms with Crippen LogP contribution in [0.3, 0.4) is 0 Å². The number of hydrogen-bond donors (Lipinski definition) is 3. The van der Waals surface area contributed by atoms with Gasteiger partial charge in [-0.3, -0.25) is 14.8 Å². The Hall–Kier alpha value is -3.11. The summed E-state index contributed by atoms with van der Waals surface area (Å²) in [4.78, 5) is 23.3. The number of anilines is 4. The number of ether oxygens (including phenoxy) is 1. The van der Waals surface area contributed by atoms with Crippen LogP contribution in [0.5, 0.6) is 5.75 Å². The lowest BCUT2D eigenvalue weighted by molar-refractivity contribution is -0.131. The molecule has 0 radical (unpaired) electrons. The second-order valence-corrected chi connectivity index (χ2v) is 9.34. The van der Waals surface area contributed by atoms with Crippen LogP contribution in [0.4, 0.5) is 23.3 Å². The van der Waals surface area contributed by atoms with E-state index in [4.69, 9.17) is 14.7 Å². The molecule has 3 N–H and O–H groups in total. The van der Waals surface area contributed by atoms with Gasteiger partial charge in [0.1, 0.15) is 11.4 Å². The molecular formula is C24H35N7O3. The third kappa shape index (κ3) is 4.88. The van der Waals surface area contributed by atoms with Crippen LogP contribution in [0, 0.1) is 0 Å². The maximum absolute atomic E-state index is 11.3. The first kappa shape index (κ1) is 24.0. The van der Waals surface area contributed by atoms with E-state index in [0.29, 0.717) is 24.1 Å². The van der Waals surface area contributed by atoms with Gasteiger partial charge in [-0.1, -0.05) is 12.1 Å². The molecule has 1 aromatic heterocycles. The number of carbonyl (C=O) groups is 1. The van der Waals surface area contributed by atoms with Crippen LogP contribution < -0.4 is 30.5 Å². The highest BCUT2D eigenvalue weighted by Crippen LogP contribution is 2.41. The van der Waals surface area contributed by atoms with Gasteiger partial charge < -0.3 is 20.1 Å². The number of hydrazine groups is 2. The summed E-state index contributed by atoms with van der Waals surface area (Å²) in [6.45, 7) is 11.2. The van der Waals surface area contributed by atoms with Crippen molar-refractivity contribution in [1.82, 2.24) is 15.5 Å². The van der Waals surface area contributed by atoms with Gasteiger partial charge in [0.05, 0.1) is 12.6 Å². The predicted molar refractivity (Wildman–Crippen MR) is 133 cm³/mol. The lowest BCUT2D eigenvalue weighted by atomic mass is 10.2. The Balaban J connectivity index is 1.71. The number of fused-ring (bicyclic) bond motifs is 1. The van der Waals surface area contributed by atoms with Gasteiger partial charge in [0.25, 0.3) is 0 Å². The van der Waals surface area contributed by atoms with Crippen molar-refractivity contribution in [2.24, 2.45) is 0 Å². The van der Waals surface area contributed by atoms with Crippen molar-refractivity contribution in [3.63, 3.8) is 0 Å². The molecular weight excluding hydrogens is 434 g/mol. The Morgan fingerprint density at radius 3 is 2.68 bits per heavy atom. The van der Waals surface area contributed by atoms with Crippen molar-refractivity contribution in [2.75, 3.05) is 33.4 Å². The van der Waals surface area contributed by atoms with Crippen LogP contribution in [-0.2, 0) is 11.3 Å². The molecule has 0 unspecified atom stereocenters. The monoisotopic (exact) mass is 469 g/mol. The van der Waals surface area contributed by atoms with Crippen molar-refractivity contribution in [1.29, 1.82) is 0 Å². The van der Waals surface area contributed by atoms with Crippen molar-refractivity contribution >= 4 is 29.2 Å². The Morgan fingerprint density at radius 1 is 1.24 bits per heavy atom. The maximum Gasteiger partial charge on any atom is 0.308 e. The van der Waals surface area contributed by atoms with Crippen LogP contribution in [0.25, 0.3) is 0 Å². The van der Waals surface area contributed by atoms with E-state index in [0.717, 1.165) is 36.5 Å². The number of aliphatic hydroxyl groups is 1. The Labute approximate surface area is 200 Å². The van der Waals surface area contributed by atoms with Crippen LogP contribution in [0.2, 0.25) is 0 Å². The first-order valence-corrected chi connectivity index (χ1v) is 11.9. The molecule has 0 spiro atoms. The standard InChI is InChI=1S/C24H35N7O3/c1-15(2)30-21-22(25-13-18-8-6-10-20(12-18)34-17(5)33)26-24(29-11-7-9-19(29)14-32)27-23(21)31(28-30)16(3)4/h6,8,10,12,15-16,19,28,32H,7,9,11,13-14H2,1-5H3,(H,25,26,27)/t19-/m1/s1. The molecule has 1 saturated heterocycles. The van der Waals surface area contributed by atoms with E-state index >= 15 is 0 Å². The number of carbonyl (C=O) groups excluding carboxylic acids is 1. The average molecular weight is 470 g/mol. The summed E-state index contributed by atoms with van der Waals surface area (Å²) in [5.41, 5.74) is 5.32. The zero-order chi connectivity index (χ0) is 24.4. The summed E-state index contributed by atoms with van der Waals surface area (Å²) < 4.78 is 5.23. The van der Waals surface area contributed by atoms with Gasteiger partial charge in [0.2, 0.25) is 5.95 Å².